The van der Waals surface area contributed by atoms with Gasteiger partial charge in [-0.2, -0.15) is 4.39 Å². The minimum atomic E-state index is -1.04. The van der Waals surface area contributed by atoms with Crippen LogP contribution in [0.1, 0.15) is 30.1 Å². The molecule has 0 saturated carbocycles. The Hall–Kier alpha value is -2.42. The second-order valence-electron chi connectivity index (χ2n) is 3.91. The maximum absolute atomic E-state index is 13.4. The van der Waals surface area contributed by atoms with Crippen LogP contribution in [0.15, 0.2) is 18.2 Å². The molecule has 100 valence electrons. The molecule has 0 bridgehead atoms. The van der Waals surface area contributed by atoms with Gasteiger partial charge >= 0.3 is 5.69 Å². The SMILES string of the molecule is C#CCC(CC)NC(=O)c1ccc([N+](=O)[O-])c(F)c1. The number of terminal acetylenes is 1. The molecular formula is C13H13FN2O3. The number of nitro groups is 1. The molecule has 0 spiro atoms. The molecule has 1 aromatic carbocycles. The molecule has 0 radical (unpaired) electrons. The van der Waals surface area contributed by atoms with E-state index in [9.17, 15) is 19.3 Å². The molecule has 6 heteroatoms. The first kappa shape index (κ1) is 14.6. The summed E-state index contributed by atoms with van der Waals surface area (Å²) in [5, 5.41) is 13.1. The zero-order valence-corrected chi connectivity index (χ0v) is 10.4. The molecule has 0 aliphatic rings. The van der Waals surface area contributed by atoms with Gasteiger partial charge in [0.25, 0.3) is 5.91 Å². The van der Waals surface area contributed by atoms with E-state index < -0.39 is 22.3 Å². The molecule has 1 amide bonds. The number of nitrogens with zero attached hydrogens (tertiary/aromatic N) is 1. The van der Waals surface area contributed by atoms with Crippen LogP contribution in [0.3, 0.4) is 0 Å². The van der Waals surface area contributed by atoms with Crippen molar-refractivity contribution >= 4 is 11.6 Å². The number of nitro benzene ring substituents is 1. The second kappa shape index (κ2) is 6.50. The normalized spacial score (nSPS) is 11.4. The van der Waals surface area contributed by atoms with E-state index in [1.165, 1.54) is 6.07 Å². The highest BCUT2D eigenvalue weighted by Crippen LogP contribution is 2.18. The van der Waals surface area contributed by atoms with Crippen molar-refractivity contribution in [2.45, 2.75) is 25.8 Å². The summed E-state index contributed by atoms with van der Waals surface area (Å²) in [4.78, 5) is 21.4. The summed E-state index contributed by atoms with van der Waals surface area (Å²) in [5.41, 5.74) is -0.634. The van der Waals surface area contributed by atoms with Crippen LogP contribution in [0.4, 0.5) is 10.1 Å². The third kappa shape index (κ3) is 3.78. The number of rotatable bonds is 5. The molecule has 0 fully saturated rings. The van der Waals surface area contributed by atoms with Gasteiger partial charge in [0.1, 0.15) is 0 Å². The van der Waals surface area contributed by atoms with Crippen molar-refractivity contribution in [3.8, 4) is 12.3 Å². The van der Waals surface area contributed by atoms with Crippen molar-refractivity contribution in [1.29, 1.82) is 0 Å². The smallest absolute Gasteiger partial charge is 0.304 e. The Morgan fingerprint density at radius 2 is 2.32 bits per heavy atom. The molecule has 1 unspecified atom stereocenters. The number of carbonyl (C=O) groups is 1. The van der Waals surface area contributed by atoms with E-state index in [4.69, 9.17) is 6.42 Å². The van der Waals surface area contributed by atoms with Crippen molar-refractivity contribution in [3.63, 3.8) is 0 Å². The summed E-state index contributed by atoms with van der Waals surface area (Å²) in [7, 11) is 0. The van der Waals surface area contributed by atoms with Crippen LogP contribution in [0.2, 0.25) is 0 Å². The summed E-state index contributed by atoms with van der Waals surface area (Å²) in [6.45, 7) is 1.86. The molecule has 19 heavy (non-hydrogen) atoms. The van der Waals surface area contributed by atoms with Crippen molar-refractivity contribution in [2.24, 2.45) is 0 Å². The number of hydrogen-bond donors (Lipinski definition) is 1. The lowest BCUT2D eigenvalue weighted by Gasteiger charge is -2.14. The van der Waals surface area contributed by atoms with E-state index >= 15 is 0 Å². The number of halogens is 1. The van der Waals surface area contributed by atoms with Crippen molar-refractivity contribution in [1.82, 2.24) is 5.32 Å². The van der Waals surface area contributed by atoms with Crippen molar-refractivity contribution < 1.29 is 14.1 Å². The highest BCUT2D eigenvalue weighted by molar-refractivity contribution is 5.94. The quantitative estimate of drug-likeness (QED) is 0.503. The third-order valence-corrected chi connectivity index (χ3v) is 2.60. The minimum absolute atomic E-state index is 0.0265. The van der Waals surface area contributed by atoms with Gasteiger partial charge in [0.05, 0.1) is 4.92 Å². The molecule has 0 heterocycles. The van der Waals surface area contributed by atoms with Crippen LogP contribution in [-0.2, 0) is 0 Å². The van der Waals surface area contributed by atoms with Crippen LogP contribution >= 0.6 is 0 Å². The van der Waals surface area contributed by atoms with Gasteiger partial charge in [0.15, 0.2) is 0 Å². The number of nitrogens with one attached hydrogen (secondary N) is 1. The van der Waals surface area contributed by atoms with Gasteiger partial charge in [-0.3, -0.25) is 14.9 Å². The number of hydrogen-bond acceptors (Lipinski definition) is 3. The Morgan fingerprint density at radius 3 is 2.79 bits per heavy atom. The Morgan fingerprint density at radius 1 is 1.63 bits per heavy atom. The molecule has 1 N–H and O–H groups in total. The van der Waals surface area contributed by atoms with E-state index in [2.05, 4.69) is 11.2 Å². The molecule has 1 aromatic rings. The first-order valence-electron chi connectivity index (χ1n) is 5.67. The van der Waals surface area contributed by atoms with Crippen LogP contribution in [-0.4, -0.2) is 16.9 Å². The molecule has 0 saturated heterocycles. The molecule has 0 aliphatic carbocycles. The Labute approximate surface area is 110 Å². The fraction of sp³-hybridized carbons (Fsp3) is 0.308. The van der Waals surface area contributed by atoms with Crippen LogP contribution in [0.5, 0.6) is 0 Å². The minimum Gasteiger partial charge on any atom is -0.348 e. The topological polar surface area (TPSA) is 72.2 Å². The average Bonchev–Trinajstić information content (AvgIpc) is 2.37. The van der Waals surface area contributed by atoms with E-state index in [1.807, 2.05) is 6.92 Å². The van der Waals surface area contributed by atoms with E-state index in [0.29, 0.717) is 12.8 Å². The molecule has 5 nitrogen and oxygen atoms in total. The van der Waals surface area contributed by atoms with Crippen molar-refractivity contribution in [3.05, 3.63) is 39.7 Å². The average molecular weight is 264 g/mol. The lowest BCUT2D eigenvalue weighted by Crippen LogP contribution is -2.34. The summed E-state index contributed by atoms with van der Waals surface area (Å²) >= 11 is 0. The van der Waals surface area contributed by atoms with E-state index in [-0.39, 0.29) is 11.6 Å². The Bertz CT molecular complexity index is 537. The van der Waals surface area contributed by atoms with Crippen LogP contribution < -0.4 is 5.32 Å². The molecule has 0 aliphatic heterocycles. The Balaban J connectivity index is 2.86. The maximum Gasteiger partial charge on any atom is 0.304 e. The predicted octanol–water partition coefficient (Wildman–Crippen LogP) is 2.27. The Kier molecular flexibility index (Phi) is 5.01. The summed E-state index contributed by atoms with van der Waals surface area (Å²) in [5.74, 6) is 0.890. The van der Waals surface area contributed by atoms with Gasteiger partial charge in [-0.1, -0.05) is 6.92 Å². The maximum atomic E-state index is 13.4. The highest BCUT2D eigenvalue weighted by atomic mass is 19.1. The predicted molar refractivity (Wildman–Crippen MR) is 68.0 cm³/mol. The summed E-state index contributed by atoms with van der Waals surface area (Å²) in [6.07, 6.45) is 6.18. The second-order valence-corrected chi connectivity index (χ2v) is 3.91. The molecule has 1 atom stereocenters. The summed E-state index contributed by atoms with van der Waals surface area (Å²) < 4.78 is 13.4. The number of amides is 1. The highest BCUT2D eigenvalue weighted by Gasteiger charge is 2.17. The fourth-order valence-corrected chi connectivity index (χ4v) is 1.50. The van der Waals surface area contributed by atoms with E-state index in [0.717, 1.165) is 12.1 Å². The lowest BCUT2D eigenvalue weighted by molar-refractivity contribution is -0.387. The fourth-order valence-electron chi connectivity index (χ4n) is 1.50. The molecule has 0 aromatic heterocycles. The van der Waals surface area contributed by atoms with Gasteiger partial charge in [-0.15, -0.1) is 12.3 Å². The van der Waals surface area contributed by atoms with Crippen LogP contribution in [0.25, 0.3) is 0 Å². The van der Waals surface area contributed by atoms with Gasteiger partial charge in [-0.05, 0) is 18.6 Å². The molecular weight excluding hydrogens is 251 g/mol. The first-order chi connectivity index (χ1) is 8.99. The van der Waals surface area contributed by atoms with Gasteiger partial charge in [0, 0.05) is 24.1 Å². The number of benzene rings is 1. The van der Waals surface area contributed by atoms with E-state index in [1.54, 1.807) is 0 Å². The lowest BCUT2D eigenvalue weighted by atomic mass is 10.1. The number of carbonyl (C=O) groups excluding carboxylic acids is 1. The van der Waals surface area contributed by atoms with Gasteiger partial charge in [-0.25, -0.2) is 0 Å². The van der Waals surface area contributed by atoms with Crippen LogP contribution in [0, 0.1) is 28.3 Å². The van der Waals surface area contributed by atoms with Gasteiger partial charge < -0.3 is 5.32 Å². The van der Waals surface area contributed by atoms with Gasteiger partial charge in [0.2, 0.25) is 5.82 Å². The largest absolute Gasteiger partial charge is 0.348 e. The monoisotopic (exact) mass is 264 g/mol. The standard InChI is InChI=1S/C13H13FN2O3/c1-3-5-10(4-2)15-13(17)9-6-7-12(16(18)19)11(14)8-9/h1,6-8,10H,4-5H2,2H3,(H,15,17). The molecule has 1 rings (SSSR count). The zero-order valence-electron chi connectivity index (χ0n) is 10.4. The van der Waals surface area contributed by atoms with Crippen molar-refractivity contribution in [2.75, 3.05) is 0 Å². The zero-order chi connectivity index (χ0) is 14.4. The third-order valence-electron chi connectivity index (χ3n) is 2.60. The summed E-state index contributed by atoms with van der Waals surface area (Å²) in [6, 6.07) is 2.82. The first-order valence-corrected chi connectivity index (χ1v) is 5.67.